The molecular weight excluding hydrogens is 392 g/mol. The Hall–Kier alpha value is -4.08. The van der Waals surface area contributed by atoms with E-state index in [9.17, 15) is 19.5 Å². The van der Waals surface area contributed by atoms with E-state index in [1.165, 1.54) is 0 Å². The monoisotopic (exact) mass is 412 g/mol. The third kappa shape index (κ3) is 4.32. The molecule has 1 aromatic carbocycles. The second-order valence-corrected chi connectivity index (χ2v) is 6.64. The van der Waals surface area contributed by atoms with Gasteiger partial charge in [0, 0.05) is 41.9 Å². The molecule has 4 rings (SSSR count). The number of aryl methyl sites for hydroxylation is 1. The SMILES string of the molecule is Cc1[nH]cnc1CN1CCc2[nH]c3c(O)cccc3c2C1=O.O=C(O)C=CC(=O)O. The number of aromatic amines is 2. The number of aromatic hydroxyl groups is 1. The van der Waals surface area contributed by atoms with E-state index in [1.54, 1.807) is 18.5 Å². The van der Waals surface area contributed by atoms with Crippen molar-refractivity contribution < 1.29 is 29.7 Å². The molecule has 3 heterocycles. The Balaban J connectivity index is 0.000000275. The zero-order valence-electron chi connectivity index (χ0n) is 16.0. The molecule has 0 bridgehead atoms. The summed E-state index contributed by atoms with van der Waals surface area (Å²) in [6.07, 6.45) is 3.51. The lowest BCUT2D eigenvalue weighted by molar-refractivity contribution is -0.134. The van der Waals surface area contributed by atoms with Gasteiger partial charge in [-0.05, 0) is 13.0 Å². The summed E-state index contributed by atoms with van der Waals surface area (Å²) < 4.78 is 0. The number of hydrogen-bond donors (Lipinski definition) is 5. The van der Waals surface area contributed by atoms with E-state index in [2.05, 4.69) is 15.0 Å². The number of H-pyrrole nitrogens is 2. The third-order valence-corrected chi connectivity index (χ3v) is 4.67. The highest BCUT2D eigenvalue weighted by molar-refractivity contribution is 6.10. The van der Waals surface area contributed by atoms with Gasteiger partial charge in [0.25, 0.3) is 5.91 Å². The van der Waals surface area contributed by atoms with Gasteiger partial charge in [-0.2, -0.15) is 0 Å². The van der Waals surface area contributed by atoms with Crippen molar-refractivity contribution in [2.24, 2.45) is 0 Å². The van der Waals surface area contributed by atoms with Gasteiger partial charge in [-0.25, -0.2) is 14.6 Å². The topological polar surface area (TPSA) is 160 Å². The Morgan fingerprint density at radius 2 is 1.93 bits per heavy atom. The lowest BCUT2D eigenvalue weighted by atomic mass is 10.0. The quantitative estimate of drug-likeness (QED) is 0.409. The molecule has 1 aliphatic heterocycles. The molecule has 0 radical (unpaired) electrons. The number of para-hydroxylation sites is 1. The number of benzene rings is 1. The normalized spacial score (nSPS) is 13.2. The van der Waals surface area contributed by atoms with Crippen LogP contribution in [-0.2, 0) is 22.6 Å². The average molecular weight is 412 g/mol. The highest BCUT2D eigenvalue weighted by Crippen LogP contribution is 2.32. The Morgan fingerprint density at radius 3 is 2.53 bits per heavy atom. The van der Waals surface area contributed by atoms with Crippen molar-refractivity contribution in [3.8, 4) is 5.75 Å². The molecule has 30 heavy (non-hydrogen) atoms. The summed E-state index contributed by atoms with van der Waals surface area (Å²) in [5, 5.41) is 26.4. The van der Waals surface area contributed by atoms with Crippen LogP contribution in [0.4, 0.5) is 0 Å². The summed E-state index contributed by atoms with van der Waals surface area (Å²) in [5.74, 6) is -2.35. The summed E-state index contributed by atoms with van der Waals surface area (Å²) in [5.41, 5.74) is 4.08. The number of imidazole rings is 1. The van der Waals surface area contributed by atoms with Crippen LogP contribution in [0.3, 0.4) is 0 Å². The van der Waals surface area contributed by atoms with Crippen molar-refractivity contribution in [2.75, 3.05) is 6.54 Å². The summed E-state index contributed by atoms with van der Waals surface area (Å²) in [6, 6.07) is 5.25. The molecule has 3 aromatic rings. The first-order valence-electron chi connectivity index (χ1n) is 9.02. The summed E-state index contributed by atoms with van der Waals surface area (Å²) in [4.78, 5) is 44.2. The number of carbonyl (C=O) groups is 3. The molecule has 0 saturated carbocycles. The fraction of sp³-hybridized carbons (Fsp3) is 0.200. The number of phenols is 1. The Kier molecular flexibility index (Phi) is 5.86. The molecule has 0 spiro atoms. The van der Waals surface area contributed by atoms with E-state index in [1.807, 2.05) is 17.9 Å². The Morgan fingerprint density at radius 1 is 1.23 bits per heavy atom. The molecule has 0 atom stereocenters. The first-order valence-corrected chi connectivity index (χ1v) is 9.02. The van der Waals surface area contributed by atoms with Crippen LogP contribution in [0.5, 0.6) is 5.75 Å². The number of carboxylic acids is 2. The number of aromatic nitrogens is 3. The van der Waals surface area contributed by atoms with Gasteiger partial charge >= 0.3 is 11.9 Å². The summed E-state index contributed by atoms with van der Waals surface area (Å²) in [6.45, 7) is 3.09. The fourth-order valence-corrected chi connectivity index (χ4v) is 3.21. The van der Waals surface area contributed by atoms with Gasteiger partial charge < -0.3 is 30.2 Å². The number of nitrogens with zero attached hydrogens (tertiary/aromatic N) is 2. The van der Waals surface area contributed by atoms with E-state index in [-0.39, 0.29) is 11.7 Å². The maximum atomic E-state index is 12.8. The molecule has 10 heteroatoms. The number of carboxylic acid groups (broad SMARTS) is 2. The van der Waals surface area contributed by atoms with Gasteiger partial charge in [0.2, 0.25) is 0 Å². The lowest BCUT2D eigenvalue weighted by Gasteiger charge is -2.26. The molecule has 0 aliphatic carbocycles. The van der Waals surface area contributed by atoms with Crippen molar-refractivity contribution in [3.63, 3.8) is 0 Å². The standard InChI is InChI=1S/C16H16N4O2.C4H4O4/c1-9-12(18-8-17-9)7-20-6-5-11-14(16(20)22)10-3-2-4-13(21)15(10)19-11;5-3(6)1-2-4(7)8/h2-4,8,19,21H,5-7H2,1H3,(H,17,18);1-2H,(H,5,6)(H,7,8). The molecule has 10 nitrogen and oxygen atoms in total. The summed E-state index contributed by atoms with van der Waals surface area (Å²) >= 11 is 0. The van der Waals surface area contributed by atoms with Crippen LogP contribution in [0.1, 0.15) is 27.4 Å². The first-order chi connectivity index (χ1) is 14.3. The molecule has 2 aromatic heterocycles. The maximum absolute atomic E-state index is 12.8. The molecule has 1 aliphatic rings. The fourth-order valence-electron chi connectivity index (χ4n) is 3.21. The Labute approximate surface area is 170 Å². The minimum atomic E-state index is -1.26. The number of amides is 1. The van der Waals surface area contributed by atoms with Crippen LogP contribution in [-0.4, -0.2) is 59.6 Å². The maximum Gasteiger partial charge on any atom is 0.328 e. The number of aliphatic carboxylic acids is 2. The predicted molar refractivity (Wildman–Crippen MR) is 106 cm³/mol. The molecule has 156 valence electrons. The van der Waals surface area contributed by atoms with Crippen LogP contribution in [0.15, 0.2) is 36.7 Å². The first kappa shape index (κ1) is 20.6. The van der Waals surface area contributed by atoms with Crippen LogP contribution >= 0.6 is 0 Å². The second-order valence-electron chi connectivity index (χ2n) is 6.64. The van der Waals surface area contributed by atoms with Crippen LogP contribution in [0.25, 0.3) is 10.9 Å². The second kappa shape index (κ2) is 8.52. The lowest BCUT2D eigenvalue weighted by Crippen LogP contribution is -2.37. The average Bonchev–Trinajstić information content (AvgIpc) is 3.27. The largest absolute Gasteiger partial charge is 0.506 e. The van der Waals surface area contributed by atoms with Crippen molar-refractivity contribution in [3.05, 3.63) is 59.3 Å². The predicted octanol–water partition coefficient (Wildman–Crippen LogP) is 1.82. The number of fused-ring (bicyclic) bond motifs is 3. The van der Waals surface area contributed by atoms with Crippen molar-refractivity contribution >= 4 is 28.7 Å². The van der Waals surface area contributed by atoms with Gasteiger partial charge in [0.15, 0.2) is 0 Å². The van der Waals surface area contributed by atoms with E-state index < -0.39 is 11.9 Å². The van der Waals surface area contributed by atoms with Gasteiger partial charge in [0.1, 0.15) is 5.75 Å². The minimum absolute atomic E-state index is 0.0134. The van der Waals surface area contributed by atoms with Gasteiger partial charge in [-0.3, -0.25) is 4.79 Å². The molecule has 1 amide bonds. The number of carbonyl (C=O) groups excluding carboxylic acids is 1. The van der Waals surface area contributed by atoms with Crippen molar-refractivity contribution in [1.82, 2.24) is 19.9 Å². The van der Waals surface area contributed by atoms with Crippen LogP contribution < -0.4 is 0 Å². The van der Waals surface area contributed by atoms with Gasteiger partial charge in [-0.15, -0.1) is 0 Å². The number of hydrogen-bond acceptors (Lipinski definition) is 5. The minimum Gasteiger partial charge on any atom is -0.506 e. The highest BCUT2D eigenvalue weighted by Gasteiger charge is 2.29. The van der Waals surface area contributed by atoms with Gasteiger partial charge in [-0.1, -0.05) is 12.1 Å². The van der Waals surface area contributed by atoms with Crippen molar-refractivity contribution in [2.45, 2.75) is 19.9 Å². The number of rotatable bonds is 4. The van der Waals surface area contributed by atoms with Crippen LogP contribution in [0.2, 0.25) is 0 Å². The smallest absolute Gasteiger partial charge is 0.328 e. The third-order valence-electron chi connectivity index (χ3n) is 4.67. The number of phenolic OH excluding ortho intramolecular Hbond substituents is 1. The molecule has 0 fully saturated rings. The molecule has 0 saturated heterocycles. The molecule has 5 N–H and O–H groups in total. The summed E-state index contributed by atoms with van der Waals surface area (Å²) in [7, 11) is 0. The molecular formula is C20H20N4O6. The molecule has 0 unspecified atom stereocenters. The van der Waals surface area contributed by atoms with E-state index in [0.717, 1.165) is 28.9 Å². The number of nitrogens with one attached hydrogen (secondary N) is 2. The van der Waals surface area contributed by atoms with E-state index in [0.29, 0.717) is 36.3 Å². The highest BCUT2D eigenvalue weighted by atomic mass is 16.4. The zero-order chi connectivity index (χ0) is 21.8. The zero-order valence-corrected chi connectivity index (χ0v) is 16.0. The Bertz CT molecular complexity index is 1130. The van der Waals surface area contributed by atoms with Crippen LogP contribution in [0, 0.1) is 6.92 Å². The van der Waals surface area contributed by atoms with E-state index >= 15 is 0 Å². The van der Waals surface area contributed by atoms with Crippen molar-refractivity contribution in [1.29, 1.82) is 0 Å². The van der Waals surface area contributed by atoms with Gasteiger partial charge in [0.05, 0.1) is 29.6 Å². The van der Waals surface area contributed by atoms with E-state index in [4.69, 9.17) is 10.2 Å².